The van der Waals surface area contributed by atoms with Crippen LogP contribution in [-0.4, -0.2) is 43.7 Å². The third-order valence-electron chi connectivity index (χ3n) is 3.48. The zero-order valence-electron chi connectivity index (χ0n) is 12.5. The summed E-state index contributed by atoms with van der Waals surface area (Å²) in [7, 11) is 0. The van der Waals surface area contributed by atoms with Crippen LogP contribution >= 0.6 is 0 Å². The normalized spacial score (nSPS) is 15.5. The number of morpholine rings is 1. The van der Waals surface area contributed by atoms with Crippen LogP contribution in [0.5, 0.6) is 5.75 Å². The Morgan fingerprint density at radius 2 is 2.05 bits per heavy atom. The van der Waals surface area contributed by atoms with E-state index in [9.17, 15) is 4.79 Å². The van der Waals surface area contributed by atoms with Gasteiger partial charge in [-0.25, -0.2) is 0 Å². The average Bonchev–Trinajstić information content (AvgIpc) is 2.47. The van der Waals surface area contributed by atoms with Crippen LogP contribution in [0.4, 0.5) is 0 Å². The fourth-order valence-electron chi connectivity index (χ4n) is 2.37. The van der Waals surface area contributed by atoms with Gasteiger partial charge in [0.15, 0.2) is 0 Å². The average molecular weight is 277 g/mol. The minimum atomic E-state index is 0.0598. The van der Waals surface area contributed by atoms with Gasteiger partial charge in [0.25, 0.3) is 5.91 Å². The first kappa shape index (κ1) is 14.9. The summed E-state index contributed by atoms with van der Waals surface area (Å²) in [6, 6.07) is 5.77. The maximum absolute atomic E-state index is 12.5. The van der Waals surface area contributed by atoms with E-state index >= 15 is 0 Å². The molecule has 1 fully saturated rings. The standard InChI is InChI=1S/C16H23NO3/c1-4-20-15-11-13(5-6-14(15)12(2)3)16(18)17-7-9-19-10-8-17/h5-6,11-12H,4,7-10H2,1-3H3. The molecule has 0 aromatic heterocycles. The van der Waals surface area contributed by atoms with Crippen LogP contribution in [0.3, 0.4) is 0 Å². The van der Waals surface area contributed by atoms with Gasteiger partial charge >= 0.3 is 0 Å². The Bertz CT molecular complexity index is 465. The highest BCUT2D eigenvalue weighted by Crippen LogP contribution is 2.28. The van der Waals surface area contributed by atoms with E-state index in [4.69, 9.17) is 9.47 Å². The summed E-state index contributed by atoms with van der Waals surface area (Å²) in [5, 5.41) is 0. The fraction of sp³-hybridized carbons (Fsp3) is 0.562. The second kappa shape index (κ2) is 6.75. The number of hydrogen-bond donors (Lipinski definition) is 0. The molecule has 0 bridgehead atoms. The smallest absolute Gasteiger partial charge is 0.254 e. The Morgan fingerprint density at radius 3 is 2.65 bits per heavy atom. The Balaban J connectivity index is 2.23. The summed E-state index contributed by atoms with van der Waals surface area (Å²) in [6.45, 7) is 9.38. The number of hydrogen-bond acceptors (Lipinski definition) is 3. The second-order valence-electron chi connectivity index (χ2n) is 5.24. The van der Waals surface area contributed by atoms with Crippen molar-refractivity contribution in [1.29, 1.82) is 0 Å². The van der Waals surface area contributed by atoms with E-state index in [1.54, 1.807) is 0 Å². The highest BCUT2D eigenvalue weighted by molar-refractivity contribution is 5.94. The molecule has 4 heteroatoms. The topological polar surface area (TPSA) is 38.8 Å². The molecule has 110 valence electrons. The molecular formula is C16H23NO3. The first-order chi connectivity index (χ1) is 9.63. The van der Waals surface area contributed by atoms with Crippen molar-refractivity contribution >= 4 is 5.91 Å². The summed E-state index contributed by atoms with van der Waals surface area (Å²) in [5.41, 5.74) is 1.84. The van der Waals surface area contributed by atoms with E-state index in [1.807, 2.05) is 30.0 Å². The van der Waals surface area contributed by atoms with Crippen LogP contribution in [-0.2, 0) is 4.74 Å². The molecule has 0 saturated carbocycles. The zero-order chi connectivity index (χ0) is 14.5. The van der Waals surface area contributed by atoms with Crippen LogP contribution < -0.4 is 4.74 Å². The zero-order valence-corrected chi connectivity index (χ0v) is 12.5. The van der Waals surface area contributed by atoms with Gasteiger partial charge < -0.3 is 14.4 Å². The molecule has 1 amide bonds. The lowest BCUT2D eigenvalue weighted by Gasteiger charge is -2.27. The van der Waals surface area contributed by atoms with Gasteiger partial charge in [-0.3, -0.25) is 4.79 Å². The van der Waals surface area contributed by atoms with Crippen molar-refractivity contribution in [2.75, 3.05) is 32.9 Å². The van der Waals surface area contributed by atoms with Crippen molar-refractivity contribution in [1.82, 2.24) is 4.90 Å². The van der Waals surface area contributed by atoms with E-state index in [2.05, 4.69) is 13.8 Å². The Labute approximate surface area is 120 Å². The Morgan fingerprint density at radius 1 is 1.35 bits per heavy atom. The predicted octanol–water partition coefficient (Wildman–Crippen LogP) is 2.68. The SMILES string of the molecule is CCOc1cc(C(=O)N2CCOCC2)ccc1C(C)C. The Hall–Kier alpha value is -1.55. The molecule has 1 aromatic carbocycles. The third kappa shape index (κ3) is 3.31. The molecule has 0 N–H and O–H groups in total. The summed E-state index contributed by atoms with van der Waals surface area (Å²) in [4.78, 5) is 14.3. The number of ether oxygens (including phenoxy) is 2. The predicted molar refractivity (Wildman–Crippen MR) is 78.4 cm³/mol. The fourth-order valence-corrected chi connectivity index (χ4v) is 2.37. The van der Waals surface area contributed by atoms with Gasteiger partial charge in [-0.2, -0.15) is 0 Å². The number of nitrogens with zero attached hydrogens (tertiary/aromatic N) is 1. The molecule has 0 atom stereocenters. The lowest BCUT2D eigenvalue weighted by Crippen LogP contribution is -2.40. The highest BCUT2D eigenvalue weighted by Gasteiger charge is 2.20. The van der Waals surface area contributed by atoms with Crippen LogP contribution in [0, 0.1) is 0 Å². The van der Waals surface area contributed by atoms with Gasteiger partial charge in [0.1, 0.15) is 5.75 Å². The monoisotopic (exact) mass is 277 g/mol. The van der Waals surface area contributed by atoms with Crippen LogP contribution in [0.15, 0.2) is 18.2 Å². The van der Waals surface area contributed by atoms with Gasteiger partial charge in [0, 0.05) is 18.7 Å². The molecular weight excluding hydrogens is 254 g/mol. The number of carbonyl (C=O) groups is 1. The number of carbonyl (C=O) groups excluding carboxylic acids is 1. The minimum Gasteiger partial charge on any atom is -0.494 e. The number of benzene rings is 1. The summed E-state index contributed by atoms with van der Waals surface area (Å²) in [6.07, 6.45) is 0. The number of amides is 1. The molecule has 1 aliphatic rings. The maximum atomic E-state index is 12.5. The molecule has 1 aliphatic heterocycles. The van der Waals surface area contributed by atoms with Crippen molar-refractivity contribution < 1.29 is 14.3 Å². The van der Waals surface area contributed by atoms with Gasteiger partial charge in [0.2, 0.25) is 0 Å². The second-order valence-corrected chi connectivity index (χ2v) is 5.24. The van der Waals surface area contributed by atoms with Crippen molar-refractivity contribution in [2.45, 2.75) is 26.7 Å². The lowest BCUT2D eigenvalue weighted by atomic mass is 10.00. The largest absolute Gasteiger partial charge is 0.494 e. The van der Waals surface area contributed by atoms with Crippen LogP contribution in [0.25, 0.3) is 0 Å². The lowest BCUT2D eigenvalue weighted by molar-refractivity contribution is 0.0302. The highest BCUT2D eigenvalue weighted by atomic mass is 16.5. The Kier molecular flexibility index (Phi) is 5.01. The van der Waals surface area contributed by atoms with Crippen LogP contribution in [0.1, 0.15) is 42.6 Å². The summed E-state index contributed by atoms with van der Waals surface area (Å²) in [5.74, 6) is 1.26. The van der Waals surface area contributed by atoms with E-state index < -0.39 is 0 Å². The van der Waals surface area contributed by atoms with Crippen LogP contribution in [0.2, 0.25) is 0 Å². The molecule has 1 saturated heterocycles. The molecule has 0 radical (unpaired) electrons. The maximum Gasteiger partial charge on any atom is 0.254 e. The molecule has 0 unspecified atom stereocenters. The van der Waals surface area contributed by atoms with Gasteiger partial charge in [-0.05, 0) is 30.5 Å². The molecule has 4 nitrogen and oxygen atoms in total. The van der Waals surface area contributed by atoms with E-state index in [0.29, 0.717) is 44.4 Å². The van der Waals surface area contributed by atoms with E-state index in [1.165, 1.54) is 0 Å². The number of rotatable bonds is 4. The molecule has 20 heavy (non-hydrogen) atoms. The van der Waals surface area contributed by atoms with Crippen molar-refractivity contribution in [3.63, 3.8) is 0 Å². The molecule has 0 spiro atoms. The first-order valence-electron chi connectivity index (χ1n) is 7.27. The van der Waals surface area contributed by atoms with Gasteiger partial charge in [0.05, 0.1) is 19.8 Å². The third-order valence-corrected chi connectivity index (χ3v) is 3.48. The molecule has 2 rings (SSSR count). The van der Waals surface area contributed by atoms with Gasteiger partial charge in [-0.15, -0.1) is 0 Å². The minimum absolute atomic E-state index is 0.0598. The van der Waals surface area contributed by atoms with Crippen molar-refractivity contribution in [3.8, 4) is 5.75 Å². The first-order valence-corrected chi connectivity index (χ1v) is 7.27. The summed E-state index contributed by atoms with van der Waals surface area (Å²) < 4.78 is 11.0. The van der Waals surface area contributed by atoms with Gasteiger partial charge in [-0.1, -0.05) is 19.9 Å². The quantitative estimate of drug-likeness (QED) is 0.849. The van der Waals surface area contributed by atoms with E-state index in [0.717, 1.165) is 11.3 Å². The summed E-state index contributed by atoms with van der Waals surface area (Å²) >= 11 is 0. The molecule has 1 heterocycles. The molecule has 1 aromatic rings. The van der Waals surface area contributed by atoms with Crippen molar-refractivity contribution in [2.24, 2.45) is 0 Å². The molecule has 0 aliphatic carbocycles. The van der Waals surface area contributed by atoms with E-state index in [-0.39, 0.29) is 5.91 Å². The van der Waals surface area contributed by atoms with Crippen molar-refractivity contribution in [3.05, 3.63) is 29.3 Å².